The Morgan fingerprint density at radius 2 is 1.85 bits per heavy atom. The van der Waals surface area contributed by atoms with E-state index in [-0.39, 0.29) is 18.0 Å². The number of carbonyl (C=O) groups excluding carboxylic acids is 2. The second-order valence-electron chi connectivity index (χ2n) is 5.49. The predicted octanol–water partition coefficient (Wildman–Crippen LogP) is 1.32. The van der Waals surface area contributed by atoms with Crippen molar-refractivity contribution in [3.8, 4) is 6.07 Å². The van der Waals surface area contributed by atoms with Gasteiger partial charge in [-0.15, -0.1) is 0 Å². The monoisotopic (exact) mass is 273 g/mol. The molecule has 0 aromatic heterocycles. The molecule has 0 radical (unpaired) electrons. The summed E-state index contributed by atoms with van der Waals surface area (Å²) in [5.74, 6) is -1.66. The van der Waals surface area contributed by atoms with Crippen LogP contribution in [0, 0.1) is 11.3 Å². The zero-order chi connectivity index (χ0) is 15.2. The lowest BCUT2D eigenvalue weighted by molar-refractivity contribution is -0.127. The van der Waals surface area contributed by atoms with Crippen molar-refractivity contribution in [2.24, 2.45) is 0 Å². The Bertz CT molecular complexity index is 512. The fourth-order valence-corrected chi connectivity index (χ4v) is 1.66. The first kappa shape index (κ1) is 15.7. The molecular weight excluding hydrogens is 254 g/mol. The van der Waals surface area contributed by atoms with Crippen molar-refractivity contribution in [1.82, 2.24) is 10.6 Å². The number of benzene rings is 1. The molecule has 0 heterocycles. The average Bonchev–Trinajstić information content (AvgIpc) is 2.36. The lowest BCUT2D eigenvalue weighted by Gasteiger charge is -2.20. The van der Waals surface area contributed by atoms with Gasteiger partial charge in [-0.05, 0) is 26.3 Å². The van der Waals surface area contributed by atoms with Gasteiger partial charge in [-0.25, -0.2) is 0 Å². The number of nitrogens with zero attached hydrogens (tertiary/aromatic N) is 1. The summed E-state index contributed by atoms with van der Waals surface area (Å²) < 4.78 is 0. The van der Waals surface area contributed by atoms with Gasteiger partial charge in [-0.1, -0.05) is 30.3 Å². The van der Waals surface area contributed by atoms with Crippen molar-refractivity contribution < 1.29 is 9.59 Å². The van der Waals surface area contributed by atoms with Crippen molar-refractivity contribution in [2.45, 2.75) is 32.2 Å². The van der Waals surface area contributed by atoms with E-state index in [4.69, 9.17) is 5.26 Å². The molecule has 1 atom stereocenters. The molecule has 0 fully saturated rings. The van der Waals surface area contributed by atoms with Gasteiger partial charge < -0.3 is 10.6 Å². The van der Waals surface area contributed by atoms with Crippen molar-refractivity contribution in [1.29, 1.82) is 5.26 Å². The maximum absolute atomic E-state index is 11.9. The van der Waals surface area contributed by atoms with E-state index >= 15 is 0 Å². The van der Waals surface area contributed by atoms with Gasteiger partial charge in [0.2, 0.25) is 11.8 Å². The van der Waals surface area contributed by atoms with Crippen LogP contribution >= 0.6 is 0 Å². The van der Waals surface area contributed by atoms with Crippen LogP contribution in [0.3, 0.4) is 0 Å². The molecule has 20 heavy (non-hydrogen) atoms. The van der Waals surface area contributed by atoms with Crippen LogP contribution in [0.4, 0.5) is 0 Å². The molecule has 5 nitrogen and oxygen atoms in total. The number of carbonyl (C=O) groups is 2. The van der Waals surface area contributed by atoms with E-state index in [1.165, 1.54) is 0 Å². The molecule has 5 heteroatoms. The van der Waals surface area contributed by atoms with Crippen LogP contribution in [0.25, 0.3) is 0 Å². The quantitative estimate of drug-likeness (QED) is 0.868. The molecule has 0 bridgehead atoms. The summed E-state index contributed by atoms with van der Waals surface area (Å²) in [6, 6.07) is 10.7. The second kappa shape index (κ2) is 6.71. The molecule has 0 saturated carbocycles. The highest BCUT2D eigenvalue weighted by atomic mass is 16.2. The van der Waals surface area contributed by atoms with E-state index in [0.29, 0.717) is 5.56 Å². The fourth-order valence-electron chi connectivity index (χ4n) is 1.66. The lowest BCUT2D eigenvalue weighted by atomic mass is 10.00. The Morgan fingerprint density at radius 3 is 2.35 bits per heavy atom. The molecule has 106 valence electrons. The number of hydrogen-bond acceptors (Lipinski definition) is 3. The zero-order valence-corrected chi connectivity index (χ0v) is 11.9. The normalized spacial score (nSPS) is 12.1. The SMILES string of the molecule is CC(C)(C)NC(=O)CNC(=O)C(C#N)c1ccccc1. The van der Waals surface area contributed by atoms with Crippen molar-refractivity contribution in [3.05, 3.63) is 35.9 Å². The number of hydrogen-bond donors (Lipinski definition) is 2. The maximum atomic E-state index is 11.9. The highest BCUT2D eigenvalue weighted by Gasteiger charge is 2.21. The van der Waals surface area contributed by atoms with Crippen LogP contribution < -0.4 is 10.6 Å². The molecule has 0 saturated heterocycles. The third kappa shape index (κ3) is 5.11. The fraction of sp³-hybridized carbons (Fsp3) is 0.400. The van der Waals surface area contributed by atoms with Crippen LogP contribution in [0.5, 0.6) is 0 Å². The molecule has 1 rings (SSSR count). The molecule has 0 aliphatic heterocycles. The molecule has 2 amide bonds. The minimum Gasteiger partial charge on any atom is -0.350 e. The zero-order valence-electron chi connectivity index (χ0n) is 11.9. The number of rotatable bonds is 4. The van der Waals surface area contributed by atoms with E-state index in [1.54, 1.807) is 24.3 Å². The van der Waals surface area contributed by atoms with Crippen LogP contribution in [-0.2, 0) is 9.59 Å². The van der Waals surface area contributed by atoms with E-state index in [0.717, 1.165) is 0 Å². The second-order valence-corrected chi connectivity index (χ2v) is 5.49. The molecule has 0 spiro atoms. The topological polar surface area (TPSA) is 82.0 Å². The largest absolute Gasteiger partial charge is 0.350 e. The Morgan fingerprint density at radius 1 is 1.25 bits per heavy atom. The van der Waals surface area contributed by atoms with Gasteiger partial charge in [-0.2, -0.15) is 5.26 Å². The summed E-state index contributed by atoms with van der Waals surface area (Å²) in [7, 11) is 0. The van der Waals surface area contributed by atoms with Gasteiger partial charge in [-0.3, -0.25) is 9.59 Å². The third-order valence-electron chi connectivity index (χ3n) is 2.46. The van der Waals surface area contributed by atoms with E-state index < -0.39 is 11.8 Å². The molecule has 0 aliphatic carbocycles. The van der Waals surface area contributed by atoms with E-state index in [9.17, 15) is 9.59 Å². The summed E-state index contributed by atoms with van der Waals surface area (Å²) >= 11 is 0. The molecule has 1 aromatic carbocycles. The molecule has 2 N–H and O–H groups in total. The standard InChI is InChI=1S/C15H19N3O2/c1-15(2,3)18-13(19)10-17-14(20)12(9-16)11-7-5-4-6-8-11/h4-8,12H,10H2,1-3H3,(H,17,20)(H,18,19). The number of amides is 2. The summed E-state index contributed by atoms with van der Waals surface area (Å²) in [4.78, 5) is 23.5. The highest BCUT2D eigenvalue weighted by molar-refractivity contribution is 5.90. The predicted molar refractivity (Wildman–Crippen MR) is 75.7 cm³/mol. The van der Waals surface area contributed by atoms with Crippen molar-refractivity contribution in [2.75, 3.05) is 6.54 Å². The lowest BCUT2D eigenvalue weighted by Crippen LogP contribution is -2.46. The number of nitriles is 1. The highest BCUT2D eigenvalue weighted by Crippen LogP contribution is 2.14. The van der Waals surface area contributed by atoms with Gasteiger partial charge in [0.15, 0.2) is 0 Å². The molecule has 1 unspecified atom stereocenters. The Hall–Kier alpha value is -2.35. The summed E-state index contributed by atoms with van der Waals surface area (Å²) in [5.41, 5.74) is 0.263. The first-order valence-corrected chi connectivity index (χ1v) is 6.37. The molecular formula is C15H19N3O2. The van der Waals surface area contributed by atoms with E-state index in [2.05, 4.69) is 10.6 Å². The van der Waals surface area contributed by atoms with Gasteiger partial charge in [0.1, 0.15) is 5.92 Å². The van der Waals surface area contributed by atoms with Gasteiger partial charge >= 0.3 is 0 Å². The van der Waals surface area contributed by atoms with Crippen LogP contribution in [0.2, 0.25) is 0 Å². The van der Waals surface area contributed by atoms with Crippen LogP contribution in [0.1, 0.15) is 32.3 Å². The Labute approximate surface area is 119 Å². The Kier molecular flexibility index (Phi) is 5.27. The molecule has 0 aliphatic rings. The summed E-state index contributed by atoms with van der Waals surface area (Å²) in [5, 5.41) is 14.3. The van der Waals surface area contributed by atoms with Crippen molar-refractivity contribution in [3.63, 3.8) is 0 Å². The van der Waals surface area contributed by atoms with Crippen LogP contribution in [0.15, 0.2) is 30.3 Å². The van der Waals surface area contributed by atoms with Crippen LogP contribution in [-0.4, -0.2) is 23.9 Å². The average molecular weight is 273 g/mol. The minimum atomic E-state index is -0.904. The smallest absolute Gasteiger partial charge is 0.242 e. The van der Waals surface area contributed by atoms with Gasteiger partial charge in [0.05, 0.1) is 12.6 Å². The summed E-state index contributed by atoms with van der Waals surface area (Å²) in [6.45, 7) is 5.43. The Balaban J connectivity index is 2.58. The molecule has 1 aromatic rings. The maximum Gasteiger partial charge on any atom is 0.242 e. The number of nitrogens with one attached hydrogen (secondary N) is 2. The van der Waals surface area contributed by atoms with Gasteiger partial charge in [0, 0.05) is 5.54 Å². The van der Waals surface area contributed by atoms with Crippen molar-refractivity contribution >= 4 is 11.8 Å². The first-order valence-electron chi connectivity index (χ1n) is 6.37. The van der Waals surface area contributed by atoms with E-state index in [1.807, 2.05) is 32.9 Å². The third-order valence-corrected chi connectivity index (χ3v) is 2.46. The minimum absolute atomic E-state index is 0.138. The first-order chi connectivity index (χ1) is 9.33. The van der Waals surface area contributed by atoms with Gasteiger partial charge in [0.25, 0.3) is 0 Å². The summed E-state index contributed by atoms with van der Waals surface area (Å²) in [6.07, 6.45) is 0.